The van der Waals surface area contributed by atoms with Crippen molar-refractivity contribution in [3.8, 4) is 0 Å². The Morgan fingerprint density at radius 1 is 1.00 bits per heavy atom. The van der Waals surface area contributed by atoms with Gasteiger partial charge in [-0.2, -0.15) is 0 Å². The number of hydrogen-bond acceptors (Lipinski definition) is 2. The predicted octanol–water partition coefficient (Wildman–Crippen LogP) is 4.23. The highest BCUT2D eigenvalue weighted by Crippen LogP contribution is 2.30. The molecule has 0 saturated carbocycles. The summed E-state index contributed by atoms with van der Waals surface area (Å²) >= 11 is 0. The maximum atomic E-state index is 14.1. The molecule has 0 fully saturated rings. The Kier molecular flexibility index (Phi) is 5.28. The summed E-state index contributed by atoms with van der Waals surface area (Å²) in [6.45, 7) is 5.89. The Bertz CT molecular complexity index is 582. The van der Waals surface area contributed by atoms with Gasteiger partial charge in [-0.15, -0.1) is 0 Å². The highest BCUT2D eigenvalue weighted by Gasteiger charge is 2.15. The second kappa shape index (κ2) is 7.18. The number of benzene rings is 2. The van der Waals surface area contributed by atoms with Crippen LogP contribution in [0.25, 0.3) is 0 Å². The van der Waals surface area contributed by atoms with Crippen molar-refractivity contribution < 1.29 is 8.78 Å². The van der Waals surface area contributed by atoms with E-state index >= 15 is 0 Å². The van der Waals surface area contributed by atoms with E-state index in [1.807, 2.05) is 24.8 Å². The molecule has 2 nitrogen and oxygen atoms in total. The first kappa shape index (κ1) is 15.4. The van der Waals surface area contributed by atoms with E-state index in [0.717, 1.165) is 17.9 Å². The highest BCUT2D eigenvalue weighted by molar-refractivity contribution is 5.66. The number of halogens is 2. The van der Waals surface area contributed by atoms with Crippen molar-refractivity contribution in [3.05, 3.63) is 59.7 Å². The van der Waals surface area contributed by atoms with Gasteiger partial charge in [0.25, 0.3) is 0 Å². The van der Waals surface area contributed by atoms with Gasteiger partial charge in [0, 0.05) is 30.0 Å². The molecule has 21 heavy (non-hydrogen) atoms. The predicted molar refractivity (Wildman–Crippen MR) is 82.9 cm³/mol. The minimum atomic E-state index is -0.276. The van der Waals surface area contributed by atoms with Gasteiger partial charge in [-0.1, -0.05) is 13.0 Å². The average molecular weight is 290 g/mol. The third-order valence-electron chi connectivity index (χ3n) is 3.39. The fourth-order valence-corrected chi connectivity index (χ4v) is 2.34. The zero-order valence-electron chi connectivity index (χ0n) is 12.4. The summed E-state index contributed by atoms with van der Waals surface area (Å²) in [4.78, 5) is 1.98. The van der Waals surface area contributed by atoms with Gasteiger partial charge in [-0.05, 0) is 49.9 Å². The molecule has 2 aromatic carbocycles. The molecule has 2 rings (SSSR count). The van der Waals surface area contributed by atoms with Crippen LogP contribution in [0.5, 0.6) is 0 Å². The zero-order valence-corrected chi connectivity index (χ0v) is 12.4. The number of hydrogen-bond donors (Lipinski definition) is 1. The quantitative estimate of drug-likeness (QED) is 0.856. The highest BCUT2D eigenvalue weighted by atomic mass is 19.1. The molecule has 2 aromatic rings. The molecule has 0 amide bonds. The Balaban J connectivity index is 2.41. The average Bonchev–Trinajstić information content (AvgIpc) is 2.49. The van der Waals surface area contributed by atoms with Crippen molar-refractivity contribution in [2.75, 3.05) is 18.0 Å². The van der Waals surface area contributed by atoms with Gasteiger partial charge in [-0.3, -0.25) is 0 Å². The second-order valence-electron chi connectivity index (χ2n) is 4.74. The van der Waals surface area contributed by atoms with Gasteiger partial charge in [0.2, 0.25) is 0 Å². The smallest absolute Gasteiger partial charge is 0.129 e. The molecule has 4 heteroatoms. The fraction of sp³-hybridized carbons (Fsp3) is 0.294. The van der Waals surface area contributed by atoms with E-state index in [1.165, 1.54) is 18.2 Å². The van der Waals surface area contributed by atoms with Crippen molar-refractivity contribution in [3.63, 3.8) is 0 Å². The maximum absolute atomic E-state index is 14.1. The van der Waals surface area contributed by atoms with E-state index in [9.17, 15) is 8.78 Å². The van der Waals surface area contributed by atoms with Crippen molar-refractivity contribution in [1.29, 1.82) is 0 Å². The third kappa shape index (κ3) is 3.58. The number of nitrogens with zero attached hydrogens (tertiary/aromatic N) is 1. The maximum Gasteiger partial charge on any atom is 0.129 e. The Morgan fingerprint density at radius 2 is 1.71 bits per heavy atom. The van der Waals surface area contributed by atoms with Crippen molar-refractivity contribution in [1.82, 2.24) is 5.32 Å². The second-order valence-corrected chi connectivity index (χ2v) is 4.74. The van der Waals surface area contributed by atoms with Crippen LogP contribution in [0.2, 0.25) is 0 Å². The molecule has 0 unspecified atom stereocenters. The van der Waals surface area contributed by atoms with Gasteiger partial charge in [0.05, 0.1) is 0 Å². The third-order valence-corrected chi connectivity index (χ3v) is 3.39. The summed E-state index contributed by atoms with van der Waals surface area (Å²) in [5.74, 6) is -0.504. The first-order valence-electron chi connectivity index (χ1n) is 7.18. The van der Waals surface area contributed by atoms with Crippen molar-refractivity contribution >= 4 is 11.4 Å². The van der Waals surface area contributed by atoms with E-state index in [1.54, 1.807) is 18.2 Å². The Labute approximate surface area is 124 Å². The summed E-state index contributed by atoms with van der Waals surface area (Å²) in [5, 5.41) is 3.16. The lowest BCUT2D eigenvalue weighted by Crippen LogP contribution is -2.21. The van der Waals surface area contributed by atoms with E-state index in [4.69, 9.17) is 0 Å². The van der Waals surface area contributed by atoms with Crippen LogP contribution in [0, 0.1) is 11.6 Å². The standard InChI is InChI=1S/C17H20F2N2/c1-3-20-12-15-16(19)6-5-7-17(15)21(4-2)14-10-8-13(18)9-11-14/h5-11,20H,3-4,12H2,1-2H3. The lowest BCUT2D eigenvalue weighted by atomic mass is 10.1. The normalized spacial score (nSPS) is 10.7. The zero-order chi connectivity index (χ0) is 15.2. The lowest BCUT2D eigenvalue weighted by Gasteiger charge is -2.26. The number of rotatable bonds is 6. The molecule has 1 N–H and O–H groups in total. The molecule has 0 spiro atoms. The van der Waals surface area contributed by atoms with Crippen molar-refractivity contribution in [2.45, 2.75) is 20.4 Å². The molecule has 0 aliphatic rings. The van der Waals surface area contributed by atoms with Crippen LogP contribution in [0.15, 0.2) is 42.5 Å². The Hall–Kier alpha value is -1.94. The topological polar surface area (TPSA) is 15.3 Å². The van der Waals surface area contributed by atoms with Crippen LogP contribution < -0.4 is 10.2 Å². The van der Waals surface area contributed by atoms with E-state index in [0.29, 0.717) is 18.7 Å². The molecule has 0 atom stereocenters. The monoisotopic (exact) mass is 290 g/mol. The summed E-state index contributed by atoms with van der Waals surface area (Å²) in [6, 6.07) is 11.3. The van der Waals surface area contributed by atoms with Crippen LogP contribution in [-0.2, 0) is 6.54 Å². The molecular weight excluding hydrogens is 270 g/mol. The van der Waals surface area contributed by atoms with Crippen LogP contribution in [-0.4, -0.2) is 13.1 Å². The molecular formula is C17H20F2N2. The summed E-state index contributed by atoms with van der Waals surface area (Å²) in [6.07, 6.45) is 0. The minimum absolute atomic E-state index is 0.228. The van der Waals surface area contributed by atoms with Crippen LogP contribution in [0.4, 0.5) is 20.2 Å². The van der Waals surface area contributed by atoms with Crippen LogP contribution in [0.1, 0.15) is 19.4 Å². The largest absolute Gasteiger partial charge is 0.341 e. The van der Waals surface area contributed by atoms with E-state index < -0.39 is 0 Å². The molecule has 0 aliphatic heterocycles. The number of anilines is 2. The van der Waals surface area contributed by atoms with Gasteiger partial charge in [0.15, 0.2) is 0 Å². The van der Waals surface area contributed by atoms with Crippen molar-refractivity contribution in [2.24, 2.45) is 0 Å². The van der Waals surface area contributed by atoms with Gasteiger partial charge >= 0.3 is 0 Å². The molecule has 0 bridgehead atoms. The number of nitrogens with one attached hydrogen (secondary N) is 1. The van der Waals surface area contributed by atoms with Crippen LogP contribution in [0.3, 0.4) is 0 Å². The fourth-order valence-electron chi connectivity index (χ4n) is 2.34. The molecule has 0 aromatic heterocycles. The molecule has 0 aliphatic carbocycles. The van der Waals surface area contributed by atoms with Gasteiger partial charge in [0.1, 0.15) is 11.6 Å². The first-order chi connectivity index (χ1) is 10.2. The molecule has 0 heterocycles. The molecule has 0 radical (unpaired) electrons. The lowest BCUT2D eigenvalue weighted by molar-refractivity contribution is 0.593. The van der Waals surface area contributed by atoms with E-state index in [2.05, 4.69) is 5.32 Å². The van der Waals surface area contributed by atoms with E-state index in [-0.39, 0.29) is 11.6 Å². The first-order valence-corrected chi connectivity index (χ1v) is 7.18. The summed E-state index contributed by atoms with van der Waals surface area (Å²) < 4.78 is 27.2. The summed E-state index contributed by atoms with van der Waals surface area (Å²) in [7, 11) is 0. The van der Waals surface area contributed by atoms with Gasteiger partial charge < -0.3 is 10.2 Å². The van der Waals surface area contributed by atoms with Gasteiger partial charge in [-0.25, -0.2) is 8.78 Å². The minimum Gasteiger partial charge on any atom is -0.341 e. The van der Waals surface area contributed by atoms with Crippen LogP contribution >= 0.6 is 0 Å². The SMILES string of the molecule is CCNCc1c(F)cccc1N(CC)c1ccc(F)cc1. The summed E-state index contributed by atoms with van der Waals surface area (Å²) in [5.41, 5.74) is 2.29. The Morgan fingerprint density at radius 3 is 2.33 bits per heavy atom. The molecule has 112 valence electrons. The molecule has 0 saturated heterocycles.